The van der Waals surface area contributed by atoms with Crippen molar-refractivity contribution >= 4 is 28.6 Å². The van der Waals surface area contributed by atoms with Gasteiger partial charge in [0.15, 0.2) is 5.82 Å². The van der Waals surface area contributed by atoms with Gasteiger partial charge in [0.25, 0.3) is 0 Å². The van der Waals surface area contributed by atoms with Crippen molar-refractivity contribution < 1.29 is 9.53 Å². The molecule has 1 amide bonds. The number of anilines is 2. The summed E-state index contributed by atoms with van der Waals surface area (Å²) < 4.78 is 5.09. The molecule has 0 saturated heterocycles. The Labute approximate surface area is 125 Å². The lowest BCUT2D eigenvalue weighted by molar-refractivity contribution is -0.114. The van der Waals surface area contributed by atoms with Crippen LogP contribution in [-0.2, 0) is 4.79 Å². The Morgan fingerprint density at radius 2 is 2.14 bits per heavy atom. The molecular weight excluding hydrogens is 284 g/mol. The van der Waals surface area contributed by atoms with Crippen LogP contribution >= 0.6 is 0 Å². The minimum atomic E-state index is -0.175. The SMILES string of the molecule is COc1cc(-c2ccc3c(NC(C)=O)n[nH]c3c2)nc(N)n1. The standard InChI is InChI=1S/C14H14N6O2/c1-7(21)16-13-9-4-3-8(5-11(9)19-20-13)10-6-12(22-2)18-14(15)17-10/h3-6H,1-2H3,(H2,15,17,18)(H2,16,19,20,21). The molecule has 22 heavy (non-hydrogen) atoms. The maximum Gasteiger partial charge on any atom is 0.223 e. The topological polar surface area (TPSA) is 119 Å². The Balaban J connectivity index is 2.06. The highest BCUT2D eigenvalue weighted by molar-refractivity contribution is 5.99. The predicted octanol–water partition coefficient (Wildman–Crippen LogP) is 1.57. The van der Waals surface area contributed by atoms with Crippen molar-refractivity contribution in [3.63, 3.8) is 0 Å². The van der Waals surface area contributed by atoms with E-state index in [-0.39, 0.29) is 11.9 Å². The molecule has 0 fully saturated rings. The minimum absolute atomic E-state index is 0.137. The normalized spacial score (nSPS) is 10.6. The number of aromatic amines is 1. The Morgan fingerprint density at radius 1 is 1.32 bits per heavy atom. The van der Waals surface area contributed by atoms with E-state index < -0.39 is 0 Å². The third-order valence-electron chi connectivity index (χ3n) is 3.08. The van der Waals surface area contributed by atoms with Gasteiger partial charge < -0.3 is 15.8 Å². The van der Waals surface area contributed by atoms with Crippen LogP contribution in [0, 0.1) is 0 Å². The van der Waals surface area contributed by atoms with Crippen molar-refractivity contribution in [3.05, 3.63) is 24.3 Å². The Bertz CT molecular complexity index is 858. The molecule has 3 rings (SSSR count). The summed E-state index contributed by atoms with van der Waals surface area (Å²) in [4.78, 5) is 19.3. The number of carbonyl (C=O) groups is 1. The van der Waals surface area contributed by atoms with Gasteiger partial charge in [-0.05, 0) is 12.1 Å². The molecule has 0 spiro atoms. The van der Waals surface area contributed by atoms with Gasteiger partial charge in [-0.1, -0.05) is 6.07 Å². The number of nitrogens with zero attached hydrogens (tertiary/aromatic N) is 3. The molecule has 0 aliphatic heterocycles. The smallest absolute Gasteiger partial charge is 0.223 e. The van der Waals surface area contributed by atoms with Crippen molar-refractivity contribution in [1.29, 1.82) is 0 Å². The van der Waals surface area contributed by atoms with E-state index in [0.717, 1.165) is 16.5 Å². The lowest BCUT2D eigenvalue weighted by Crippen LogP contribution is -2.06. The third-order valence-corrected chi connectivity index (χ3v) is 3.08. The zero-order chi connectivity index (χ0) is 15.7. The van der Waals surface area contributed by atoms with Crippen LogP contribution in [0.2, 0.25) is 0 Å². The molecule has 2 heterocycles. The Kier molecular flexibility index (Phi) is 3.34. The maximum absolute atomic E-state index is 11.1. The van der Waals surface area contributed by atoms with Gasteiger partial charge in [-0.15, -0.1) is 0 Å². The molecule has 8 heteroatoms. The summed E-state index contributed by atoms with van der Waals surface area (Å²) in [6.45, 7) is 1.44. The molecule has 0 radical (unpaired) electrons. The second-order valence-electron chi connectivity index (χ2n) is 4.67. The first-order chi connectivity index (χ1) is 10.6. The lowest BCUT2D eigenvalue weighted by atomic mass is 10.1. The van der Waals surface area contributed by atoms with Crippen LogP contribution < -0.4 is 15.8 Å². The van der Waals surface area contributed by atoms with Crippen molar-refractivity contribution in [1.82, 2.24) is 20.2 Å². The number of hydrogen-bond donors (Lipinski definition) is 3. The van der Waals surface area contributed by atoms with E-state index in [1.54, 1.807) is 6.07 Å². The molecule has 0 saturated carbocycles. The van der Waals surface area contributed by atoms with Crippen molar-refractivity contribution in [2.45, 2.75) is 6.92 Å². The van der Waals surface area contributed by atoms with Crippen molar-refractivity contribution in [2.24, 2.45) is 0 Å². The van der Waals surface area contributed by atoms with Crippen LogP contribution in [0.25, 0.3) is 22.2 Å². The molecule has 8 nitrogen and oxygen atoms in total. The molecule has 112 valence electrons. The predicted molar refractivity (Wildman–Crippen MR) is 82.4 cm³/mol. The van der Waals surface area contributed by atoms with E-state index in [0.29, 0.717) is 17.4 Å². The van der Waals surface area contributed by atoms with Gasteiger partial charge in [0.1, 0.15) is 0 Å². The first-order valence-corrected chi connectivity index (χ1v) is 6.51. The molecular formula is C14H14N6O2. The van der Waals surface area contributed by atoms with E-state index in [2.05, 4.69) is 25.5 Å². The number of methoxy groups -OCH3 is 1. The number of nitrogens with one attached hydrogen (secondary N) is 2. The molecule has 2 aromatic heterocycles. The third kappa shape index (κ3) is 2.53. The Hall–Kier alpha value is -3.16. The number of nitrogen functional groups attached to an aromatic ring is 1. The van der Waals surface area contributed by atoms with E-state index >= 15 is 0 Å². The first-order valence-electron chi connectivity index (χ1n) is 6.51. The number of ether oxygens (including phenoxy) is 1. The van der Waals surface area contributed by atoms with Gasteiger partial charge in [-0.3, -0.25) is 9.89 Å². The summed E-state index contributed by atoms with van der Waals surface area (Å²) >= 11 is 0. The highest BCUT2D eigenvalue weighted by Crippen LogP contribution is 2.27. The second kappa shape index (κ2) is 5.32. The summed E-state index contributed by atoms with van der Waals surface area (Å²) in [5.74, 6) is 0.851. The number of hydrogen-bond acceptors (Lipinski definition) is 6. The number of fused-ring (bicyclic) bond motifs is 1. The summed E-state index contributed by atoms with van der Waals surface area (Å²) in [5.41, 5.74) is 7.92. The van der Waals surface area contributed by atoms with Crippen molar-refractivity contribution in [2.75, 3.05) is 18.2 Å². The molecule has 0 atom stereocenters. The number of carbonyl (C=O) groups excluding carboxylic acids is 1. The van der Waals surface area contributed by atoms with E-state index in [1.165, 1.54) is 14.0 Å². The number of amides is 1. The van der Waals surface area contributed by atoms with Gasteiger partial charge in [0.2, 0.25) is 17.7 Å². The van der Waals surface area contributed by atoms with Gasteiger partial charge >= 0.3 is 0 Å². The molecule has 0 aliphatic carbocycles. The van der Waals surface area contributed by atoms with Gasteiger partial charge in [0.05, 0.1) is 18.3 Å². The largest absolute Gasteiger partial charge is 0.481 e. The van der Waals surface area contributed by atoms with E-state index in [1.807, 2.05) is 18.2 Å². The summed E-state index contributed by atoms with van der Waals surface area (Å²) in [5, 5.41) is 10.4. The highest BCUT2D eigenvalue weighted by Gasteiger charge is 2.10. The van der Waals surface area contributed by atoms with Crippen LogP contribution in [0.5, 0.6) is 5.88 Å². The number of rotatable bonds is 3. The number of H-pyrrole nitrogens is 1. The average Bonchev–Trinajstić information content (AvgIpc) is 2.88. The molecule has 0 unspecified atom stereocenters. The summed E-state index contributed by atoms with van der Waals surface area (Å²) in [6, 6.07) is 7.28. The van der Waals surface area contributed by atoms with Crippen LogP contribution in [0.4, 0.5) is 11.8 Å². The Morgan fingerprint density at radius 3 is 2.86 bits per heavy atom. The monoisotopic (exact) mass is 298 g/mol. The lowest BCUT2D eigenvalue weighted by Gasteiger charge is -2.05. The highest BCUT2D eigenvalue weighted by atomic mass is 16.5. The van der Waals surface area contributed by atoms with Gasteiger partial charge in [-0.2, -0.15) is 10.1 Å². The quantitative estimate of drug-likeness (QED) is 0.675. The second-order valence-corrected chi connectivity index (χ2v) is 4.67. The van der Waals surface area contributed by atoms with Crippen LogP contribution in [0.3, 0.4) is 0 Å². The minimum Gasteiger partial charge on any atom is -0.481 e. The van der Waals surface area contributed by atoms with Crippen LogP contribution in [-0.4, -0.2) is 33.2 Å². The fraction of sp³-hybridized carbons (Fsp3) is 0.143. The molecule has 1 aromatic carbocycles. The number of aromatic nitrogens is 4. The van der Waals surface area contributed by atoms with E-state index in [4.69, 9.17) is 10.5 Å². The summed E-state index contributed by atoms with van der Waals surface area (Å²) in [6.07, 6.45) is 0. The van der Waals surface area contributed by atoms with Crippen LogP contribution in [0.15, 0.2) is 24.3 Å². The van der Waals surface area contributed by atoms with Crippen molar-refractivity contribution in [3.8, 4) is 17.1 Å². The molecule has 0 aliphatic rings. The molecule has 0 bridgehead atoms. The fourth-order valence-corrected chi connectivity index (χ4v) is 2.14. The summed E-state index contributed by atoms with van der Waals surface area (Å²) in [7, 11) is 1.52. The maximum atomic E-state index is 11.1. The number of benzene rings is 1. The van der Waals surface area contributed by atoms with Gasteiger partial charge in [-0.25, -0.2) is 4.98 Å². The molecule has 3 aromatic rings. The van der Waals surface area contributed by atoms with Crippen LogP contribution in [0.1, 0.15) is 6.92 Å². The zero-order valence-corrected chi connectivity index (χ0v) is 12.0. The average molecular weight is 298 g/mol. The first kappa shape index (κ1) is 13.8. The number of nitrogens with two attached hydrogens (primary N) is 1. The zero-order valence-electron chi connectivity index (χ0n) is 12.0. The fourth-order valence-electron chi connectivity index (χ4n) is 2.14. The van der Waals surface area contributed by atoms with Gasteiger partial charge in [0, 0.05) is 23.9 Å². The van der Waals surface area contributed by atoms with E-state index in [9.17, 15) is 4.79 Å². The molecule has 4 N–H and O–H groups in total.